The summed E-state index contributed by atoms with van der Waals surface area (Å²) in [5.41, 5.74) is 3.40. The van der Waals surface area contributed by atoms with Gasteiger partial charge in [-0.15, -0.1) is 11.6 Å². The molecular formula is C15H19ClN2O. The summed E-state index contributed by atoms with van der Waals surface area (Å²) in [5.74, 6) is 2.53. The van der Waals surface area contributed by atoms with Crippen LogP contribution in [-0.2, 0) is 19.3 Å². The van der Waals surface area contributed by atoms with Crippen LogP contribution < -0.4 is 4.74 Å². The van der Waals surface area contributed by atoms with E-state index >= 15 is 0 Å². The van der Waals surface area contributed by atoms with Crippen LogP contribution in [0.25, 0.3) is 0 Å². The Morgan fingerprint density at radius 1 is 1.26 bits per heavy atom. The van der Waals surface area contributed by atoms with Gasteiger partial charge in [0.2, 0.25) is 0 Å². The van der Waals surface area contributed by atoms with Crippen molar-refractivity contribution in [2.24, 2.45) is 7.05 Å². The van der Waals surface area contributed by atoms with Gasteiger partial charge in [-0.25, -0.2) is 4.98 Å². The number of hydrogen-bond acceptors (Lipinski definition) is 2. The Hall–Kier alpha value is -1.48. The summed E-state index contributed by atoms with van der Waals surface area (Å²) in [6.45, 7) is 4.74. The van der Waals surface area contributed by atoms with Gasteiger partial charge < -0.3 is 9.30 Å². The highest BCUT2D eigenvalue weighted by Crippen LogP contribution is 2.25. The smallest absolute Gasteiger partial charge is 0.125 e. The Labute approximate surface area is 119 Å². The van der Waals surface area contributed by atoms with Crippen LogP contribution in [-0.4, -0.2) is 16.2 Å². The molecule has 1 aromatic heterocycles. The van der Waals surface area contributed by atoms with Gasteiger partial charge in [0.25, 0.3) is 0 Å². The standard InChI is InChI=1S/C15H19ClN2O/c1-11-8-13(10-16)9-12(2)15(11)19-7-4-14-17-5-6-18(14)3/h5-6,8-9H,4,7,10H2,1-3H3. The van der Waals surface area contributed by atoms with Gasteiger partial charge in [0.15, 0.2) is 0 Å². The third-order valence-electron chi connectivity index (χ3n) is 3.17. The molecule has 0 aliphatic rings. The van der Waals surface area contributed by atoms with E-state index < -0.39 is 0 Å². The number of nitrogens with zero attached hydrogens (tertiary/aromatic N) is 2. The van der Waals surface area contributed by atoms with E-state index in [2.05, 4.69) is 31.0 Å². The molecule has 0 spiro atoms. The highest BCUT2D eigenvalue weighted by molar-refractivity contribution is 6.17. The summed E-state index contributed by atoms with van der Waals surface area (Å²) in [5, 5.41) is 0. The summed E-state index contributed by atoms with van der Waals surface area (Å²) < 4.78 is 7.91. The molecule has 102 valence electrons. The molecule has 2 rings (SSSR count). The summed E-state index contributed by atoms with van der Waals surface area (Å²) in [4.78, 5) is 4.28. The molecule has 0 saturated carbocycles. The first-order valence-electron chi connectivity index (χ1n) is 6.37. The van der Waals surface area contributed by atoms with Crippen molar-refractivity contribution < 1.29 is 4.74 Å². The Balaban J connectivity index is 2.02. The zero-order chi connectivity index (χ0) is 13.8. The molecule has 0 amide bonds. The second kappa shape index (κ2) is 6.11. The second-order valence-corrected chi connectivity index (χ2v) is 5.01. The molecule has 0 saturated heterocycles. The van der Waals surface area contributed by atoms with Crippen LogP contribution >= 0.6 is 11.6 Å². The van der Waals surface area contributed by atoms with Crippen molar-refractivity contribution in [3.05, 3.63) is 47.0 Å². The molecule has 0 unspecified atom stereocenters. The third-order valence-corrected chi connectivity index (χ3v) is 3.48. The molecule has 1 aromatic carbocycles. The lowest BCUT2D eigenvalue weighted by Gasteiger charge is -2.13. The fraction of sp³-hybridized carbons (Fsp3) is 0.400. The summed E-state index contributed by atoms with van der Waals surface area (Å²) in [7, 11) is 1.99. The molecule has 19 heavy (non-hydrogen) atoms. The van der Waals surface area contributed by atoms with Gasteiger partial charge in [0.05, 0.1) is 6.61 Å². The third kappa shape index (κ3) is 3.29. The van der Waals surface area contributed by atoms with E-state index in [1.54, 1.807) is 6.20 Å². The van der Waals surface area contributed by atoms with Crippen LogP contribution in [0.3, 0.4) is 0 Å². The molecule has 0 N–H and O–H groups in total. The number of benzene rings is 1. The Morgan fingerprint density at radius 2 is 1.95 bits per heavy atom. The predicted molar refractivity (Wildman–Crippen MR) is 77.9 cm³/mol. The minimum atomic E-state index is 0.537. The number of halogens is 1. The number of hydrogen-bond donors (Lipinski definition) is 0. The van der Waals surface area contributed by atoms with E-state index in [1.807, 2.05) is 17.8 Å². The lowest BCUT2D eigenvalue weighted by atomic mass is 10.1. The predicted octanol–water partition coefficient (Wildman–Crippen LogP) is 3.40. The van der Waals surface area contributed by atoms with Crippen molar-refractivity contribution in [1.29, 1.82) is 0 Å². The fourth-order valence-electron chi connectivity index (χ4n) is 2.23. The fourth-order valence-corrected chi connectivity index (χ4v) is 2.38. The molecule has 4 heteroatoms. The Kier molecular flexibility index (Phi) is 4.48. The van der Waals surface area contributed by atoms with Crippen LogP contribution in [0, 0.1) is 13.8 Å². The number of aromatic nitrogens is 2. The van der Waals surface area contributed by atoms with Gasteiger partial charge in [-0.05, 0) is 30.5 Å². The monoisotopic (exact) mass is 278 g/mol. The van der Waals surface area contributed by atoms with E-state index in [1.165, 1.54) is 0 Å². The second-order valence-electron chi connectivity index (χ2n) is 4.75. The summed E-state index contributed by atoms with van der Waals surface area (Å²) >= 11 is 5.86. The Morgan fingerprint density at radius 3 is 2.47 bits per heavy atom. The van der Waals surface area contributed by atoms with Gasteiger partial charge in [0.1, 0.15) is 11.6 Å². The van der Waals surface area contributed by atoms with Crippen LogP contribution in [0.2, 0.25) is 0 Å². The van der Waals surface area contributed by atoms with Gasteiger partial charge in [-0.2, -0.15) is 0 Å². The number of alkyl halides is 1. The lowest BCUT2D eigenvalue weighted by molar-refractivity contribution is 0.313. The molecule has 1 heterocycles. The van der Waals surface area contributed by atoms with E-state index in [4.69, 9.17) is 16.3 Å². The first kappa shape index (κ1) is 13.9. The topological polar surface area (TPSA) is 27.1 Å². The molecule has 2 aromatic rings. The first-order valence-corrected chi connectivity index (χ1v) is 6.90. The molecule has 0 radical (unpaired) electrons. The average Bonchev–Trinajstić information content (AvgIpc) is 2.78. The largest absolute Gasteiger partial charge is 0.493 e. The maximum atomic E-state index is 5.90. The molecule has 0 aliphatic heterocycles. The molecule has 0 atom stereocenters. The summed E-state index contributed by atoms with van der Waals surface area (Å²) in [6.07, 6.45) is 4.56. The number of rotatable bonds is 5. The Bertz CT molecular complexity index is 540. The van der Waals surface area contributed by atoms with Crippen LogP contribution in [0.4, 0.5) is 0 Å². The number of ether oxygens (including phenoxy) is 1. The number of aryl methyl sites for hydroxylation is 3. The van der Waals surface area contributed by atoms with Crippen molar-refractivity contribution >= 4 is 11.6 Å². The number of imidazole rings is 1. The lowest BCUT2D eigenvalue weighted by Crippen LogP contribution is -2.07. The van der Waals surface area contributed by atoms with Crippen molar-refractivity contribution in [3.63, 3.8) is 0 Å². The quantitative estimate of drug-likeness (QED) is 0.784. The zero-order valence-electron chi connectivity index (χ0n) is 11.6. The van der Waals surface area contributed by atoms with E-state index in [9.17, 15) is 0 Å². The van der Waals surface area contributed by atoms with Crippen LogP contribution in [0.5, 0.6) is 5.75 Å². The van der Waals surface area contributed by atoms with E-state index in [0.717, 1.165) is 34.7 Å². The maximum Gasteiger partial charge on any atom is 0.125 e. The molecule has 0 bridgehead atoms. The van der Waals surface area contributed by atoms with Gasteiger partial charge in [-0.3, -0.25) is 0 Å². The van der Waals surface area contributed by atoms with Crippen molar-refractivity contribution in [1.82, 2.24) is 9.55 Å². The normalized spacial score (nSPS) is 10.7. The highest BCUT2D eigenvalue weighted by Gasteiger charge is 2.07. The first-order chi connectivity index (χ1) is 9.11. The minimum Gasteiger partial charge on any atom is -0.493 e. The van der Waals surface area contributed by atoms with Crippen LogP contribution in [0.1, 0.15) is 22.5 Å². The summed E-state index contributed by atoms with van der Waals surface area (Å²) in [6, 6.07) is 4.16. The highest BCUT2D eigenvalue weighted by atomic mass is 35.5. The minimum absolute atomic E-state index is 0.537. The van der Waals surface area contributed by atoms with Crippen molar-refractivity contribution in [2.75, 3.05) is 6.61 Å². The van der Waals surface area contributed by atoms with Crippen molar-refractivity contribution in [2.45, 2.75) is 26.1 Å². The van der Waals surface area contributed by atoms with Gasteiger partial charge >= 0.3 is 0 Å². The zero-order valence-corrected chi connectivity index (χ0v) is 12.4. The van der Waals surface area contributed by atoms with Gasteiger partial charge in [0, 0.05) is 31.7 Å². The van der Waals surface area contributed by atoms with Crippen molar-refractivity contribution in [3.8, 4) is 5.75 Å². The van der Waals surface area contributed by atoms with Crippen LogP contribution in [0.15, 0.2) is 24.5 Å². The molecule has 0 fully saturated rings. The maximum absolute atomic E-state index is 5.90. The molecular weight excluding hydrogens is 260 g/mol. The molecule has 3 nitrogen and oxygen atoms in total. The SMILES string of the molecule is Cc1cc(CCl)cc(C)c1OCCc1nccn1C. The van der Waals surface area contributed by atoms with E-state index in [-0.39, 0.29) is 0 Å². The van der Waals surface area contributed by atoms with E-state index in [0.29, 0.717) is 12.5 Å². The van der Waals surface area contributed by atoms with Gasteiger partial charge in [-0.1, -0.05) is 12.1 Å². The molecule has 0 aliphatic carbocycles. The average molecular weight is 279 g/mol.